The van der Waals surface area contributed by atoms with Crippen LogP contribution in [-0.2, 0) is 29.0 Å². The van der Waals surface area contributed by atoms with Gasteiger partial charge in [-0.3, -0.25) is 4.79 Å². The van der Waals surface area contributed by atoms with E-state index in [-0.39, 0.29) is 11.9 Å². The molecule has 1 N–H and O–H groups in total. The molecule has 0 bridgehead atoms. The molecule has 2 aromatic rings. The maximum Gasteiger partial charge on any atom is 0.225 e. The molecule has 1 aromatic heterocycles. The van der Waals surface area contributed by atoms with Gasteiger partial charge in [0, 0.05) is 37.3 Å². The highest BCUT2D eigenvalue weighted by molar-refractivity contribution is 5.78. The zero-order valence-electron chi connectivity index (χ0n) is 15.8. The molecule has 0 unspecified atom stereocenters. The lowest BCUT2D eigenvalue weighted by atomic mass is 10.0. The Morgan fingerprint density at radius 1 is 1.33 bits per heavy atom. The zero-order chi connectivity index (χ0) is 18.6. The van der Waals surface area contributed by atoms with Gasteiger partial charge in [-0.15, -0.1) is 0 Å². The molecule has 2 aliphatic heterocycles. The molecule has 1 saturated heterocycles. The van der Waals surface area contributed by atoms with Crippen molar-refractivity contribution < 1.29 is 9.53 Å². The summed E-state index contributed by atoms with van der Waals surface area (Å²) in [7, 11) is 0. The summed E-state index contributed by atoms with van der Waals surface area (Å²) >= 11 is 0. The first-order valence-corrected chi connectivity index (χ1v) is 9.70. The van der Waals surface area contributed by atoms with Crippen LogP contribution in [0.4, 0.5) is 5.95 Å². The van der Waals surface area contributed by atoms with Crippen LogP contribution in [0.15, 0.2) is 30.5 Å². The minimum Gasteiger partial charge on any atom is -0.376 e. The number of nitrogens with zero attached hydrogens (tertiary/aromatic N) is 3. The molecule has 27 heavy (non-hydrogen) atoms. The van der Waals surface area contributed by atoms with Gasteiger partial charge in [-0.2, -0.15) is 0 Å². The number of nitrogens with one attached hydrogen (secondary N) is 1. The number of rotatable bonds is 4. The van der Waals surface area contributed by atoms with E-state index in [0.717, 1.165) is 61.7 Å². The summed E-state index contributed by atoms with van der Waals surface area (Å²) < 4.78 is 5.45. The molecule has 0 spiro atoms. The van der Waals surface area contributed by atoms with Crippen LogP contribution in [0, 0.1) is 6.92 Å². The average molecular weight is 366 g/mol. The normalized spacial score (nSPS) is 17.4. The van der Waals surface area contributed by atoms with Crippen LogP contribution < -0.4 is 10.2 Å². The number of carbonyl (C=O) groups is 1. The minimum atomic E-state index is 0.101. The largest absolute Gasteiger partial charge is 0.376 e. The first-order chi connectivity index (χ1) is 13.2. The van der Waals surface area contributed by atoms with Gasteiger partial charge in [-0.1, -0.05) is 29.8 Å². The van der Waals surface area contributed by atoms with Gasteiger partial charge in [0.25, 0.3) is 0 Å². The second kappa shape index (κ2) is 8.05. The summed E-state index contributed by atoms with van der Waals surface area (Å²) in [6, 6.07) is 8.35. The van der Waals surface area contributed by atoms with Gasteiger partial charge < -0.3 is 15.0 Å². The van der Waals surface area contributed by atoms with E-state index in [2.05, 4.69) is 21.3 Å². The Hall–Kier alpha value is -2.47. The summed E-state index contributed by atoms with van der Waals surface area (Å²) in [5.41, 5.74) is 4.46. The van der Waals surface area contributed by atoms with Gasteiger partial charge in [0.1, 0.15) is 0 Å². The highest BCUT2D eigenvalue weighted by Crippen LogP contribution is 2.20. The number of aryl methyl sites for hydroxylation is 1. The number of amides is 1. The van der Waals surface area contributed by atoms with Gasteiger partial charge >= 0.3 is 0 Å². The standard InChI is InChI=1S/C21H26N4O2/c1-15-3-2-4-16(11-15)12-20(26)23-18-5-8-25(9-6-18)21-22-13-17-14-27-10-7-19(17)24-21/h2-4,11,13,18H,5-10,12,14H2,1H3,(H,23,26). The Balaban J connectivity index is 1.29. The first kappa shape index (κ1) is 17.9. The smallest absolute Gasteiger partial charge is 0.225 e. The zero-order valence-corrected chi connectivity index (χ0v) is 15.8. The third kappa shape index (κ3) is 4.45. The van der Waals surface area contributed by atoms with E-state index >= 15 is 0 Å². The summed E-state index contributed by atoms with van der Waals surface area (Å²) in [4.78, 5) is 23.8. The van der Waals surface area contributed by atoms with Crippen molar-refractivity contribution >= 4 is 11.9 Å². The SMILES string of the molecule is Cc1cccc(CC(=O)NC2CCN(c3ncc4c(n3)CCOC4)CC2)c1. The molecule has 142 valence electrons. The molecule has 2 aliphatic rings. The highest BCUT2D eigenvalue weighted by Gasteiger charge is 2.23. The van der Waals surface area contributed by atoms with Crippen molar-refractivity contribution in [2.24, 2.45) is 0 Å². The second-order valence-corrected chi connectivity index (χ2v) is 7.44. The predicted molar refractivity (Wildman–Crippen MR) is 104 cm³/mol. The Labute approximate surface area is 160 Å². The van der Waals surface area contributed by atoms with E-state index in [9.17, 15) is 4.79 Å². The molecule has 0 radical (unpaired) electrons. The number of benzene rings is 1. The van der Waals surface area contributed by atoms with Gasteiger partial charge in [0.05, 0.1) is 25.3 Å². The van der Waals surface area contributed by atoms with E-state index < -0.39 is 0 Å². The van der Waals surface area contributed by atoms with E-state index in [1.54, 1.807) is 0 Å². The molecule has 1 aromatic carbocycles. The first-order valence-electron chi connectivity index (χ1n) is 9.70. The number of fused-ring (bicyclic) bond motifs is 1. The summed E-state index contributed by atoms with van der Waals surface area (Å²) in [6.07, 6.45) is 5.03. The van der Waals surface area contributed by atoms with Crippen molar-refractivity contribution in [3.63, 3.8) is 0 Å². The van der Waals surface area contributed by atoms with Crippen LogP contribution >= 0.6 is 0 Å². The predicted octanol–water partition coefficient (Wildman–Crippen LogP) is 2.19. The van der Waals surface area contributed by atoms with E-state index in [0.29, 0.717) is 13.0 Å². The van der Waals surface area contributed by atoms with Crippen molar-refractivity contribution in [1.82, 2.24) is 15.3 Å². The third-order valence-electron chi connectivity index (χ3n) is 5.27. The molecule has 0 aliphatic carbocycles. The molecule has 0 atom stereocenters. The highest BCUT2D eigenvalue weighted by atomic mass is 16.5. The molecule has 3 heterocycles. The number of piperidine rings is 1. The molecular formula is C21H26N4O2. The van der Waals surface area contributed by atoms with Crippen LogP contribution in [0.2, 0.25) is 0 Å². The van der Waals surface area contributed by atoms with E-state index in [4.69, 9.17) is 9.72 Å². The van der Waals surface area contributed by atoms with Crippen molar-refractivity contribution in [2.45, 2.75) is 45.3 Å². The van der Waals surface area contributed by atoms with E-state index in [1.807, 2.05) is 31.3 Å². The van der Waals surface area contributed by atoms with Crippen molar-refractivity contribution in [1.29, 1.82) is 0 Å². The van der Waals surface area contributed by atoms with Crippen molar-refractivity contribution in [3.8, 4) is 0 Å². The fraction of sp³-hybridized carbons (Fsp3) is 0.476. The molecule has 6 heteroatoms. The monoisotopic (exact) mass is 366 g/mol. The van der Waals surface area contributed by atoms with Crippen molar-refractivity contribution in [3.05, 3.63) is 52.8 Å². The van der Waals surface area contributed by atoms with Crippen molar-refractivity contribution in [2.75, 3.05) is 24.6 Å². The number of aromatic nitrogens is 2. The Bertz CT molecular complexity index is 816. The fourth-order valence-electron chi connectivity index (χ4n) is 3.78. The van der Waals surface area contributed by atoms with Crippen LogP contribution in [0.5, 0.6) is 0 Å². The fourth-order valence-corrected chi connectivity index (χ4v) is 3.78. The topological polar surface area (TPSA) is 67.4 Å². The maximum atomic E-state index is 12.3. The Kier molecular flexibility index (Phi) is 5.34. The number of hydrogen-bond acceptors (Lipinski definition) is 5. The number of anilines is 1. The molecule has 6 nitrogen and oxygen atoms in total. The average Bonchev–Trinajstić information content (AvgIpc) is 2.68. The van der Waals surface area contributed by atoms with E-state index in [1.165, 1.54) is 5.56 Å². The third-order valence-corrected chi connectivity index (χ3v) is 5.27. The lowest BCUT2D eigenvalue weighted by Crippen LogP contribution is -2.45. The van der Waals surface area contributed by atoms with Gasteiger partial charge in [0.15, 0.2) is 0 Å². The number of hydrogen-bond donors (Lipinski definition) is 1. The summed E-state index contributed by atoms with van der Waals surface area (Å²) in [5, 5.41) is 3.19. The van der Waals surface area contributed by atoms with Crippen LogP contribution in [0.25, 0.3) is 0 Å². The Morgan fingerprint density at radius 2 is 2.19 bits per heavy atom. The maximum absolute atomic E-state index is 12.3. The minimum absolute atomic E-state index is 0.101. The van der Waals surface area contributed by atoms with Gasteiger partial charge in [-0.05, 0) is 25.3 Å². The molecular weight excluding hydrogens is 340 g/mol. The lowest BCUT2D eigenvalue weighted by Gasteiger charge is -2.33. The number of ether oxygens (including phenoxy) is 1. The van der Waals surface area contributed by atoms with Crippen LogP contribution in [0.1, 0.15) is 35.2 Å². The molecule has 1 fully saturated rings. The van der Waals surface area contributed by atoms with Gasteiger partial charge in [0.2, 0.25) is 11.9 Å². The van der Waals surface area contributed by atoms with Gasteiger partial charge in [-0.25, -0.2) is 9.97 Å². The lowest BCUT2D eigenvalue weighted by molar-refractivity contribution is -0.121. The molecule has 4 rings (SSSR count). The summed E-state index contributed by atoms with van der Waals surface area (Å²) in [6.45, 7) is 5.13. The quantitative estimate of drug-likeness (QED) is 0.898. The molecule has 1 amide bonds. The van der Waals surface area contributed by atoms with Crippen LogP contribution in [-0.4, -0.2) is 41.6 Å². The van der Waals surface area contributed by atoms with Crippen LogP contribution in [0.3, 0.4) is 0 Å². The second-order valence-electron chi connectivity index (χ2n) is 7.44. The number of carbonyl (C=O) groups excluding carboxylic acids is 1. The Morgan fingerprint density at radius 3 is 3.00 bits per heavy atom. The summed E-state index contributed by atoms with van der Waals surface area (Å²) in [5.74, 6) is 0.907. The molecule has 0 saturated carbocycles.